The summed E-state index contributed by atoms with van der Waals surface area (Å²) in [5.74, 6) is -2.85. The van der Waals surface area contributed by atoms with E-state index in [0.29, 0.717) is 45.0 Å². The van der Waals surface area contributed by atoms with Crippen molar-refractivity contribution in [3.05, 3.63) is 247 Å². The van der Waals surface area contributed by atoms with E-state index in [4.69, 9.17) is 14.5 Å². The van der Waals surface area contributed by atoms with Gasteiger partial charge in [-0.25, -0.2) is 4.39 Å². The van der Waals surface area contributed by atoms with E-state index < -0.39 is 40.3 Å². The standard InChI is InChI=1S/C63H43F5N3O2.Ir/c1-62(2,44-19-27-59(69-36-44)52-25-22-47(65)32-57(52)67)72-49-29-43(30-50(34-49)73-63(3,4)45-20-28-60(70-37-45)53-26-23-48(66)33-58(53)68)54-31-46(64)21-24-51(54)56-38-71-61(42-13-9-6-10-14-42)35-55(56)41-17-15-40(16-18-41)39-11-7-5-8-12-39;/h5-13,15-24,27-38H,1-4H3;/q-3;+3. The van der Waals surface area contributed by atoms with Gasteiger partial charge in [0.2, 0.25) is 0 Å². The van der Waals surface area contributed by atoms with Gasteiger partial charge in [0.15, 0.2) is 0 Å². The Balaban J connectivity index is 0.00000672. The molecule has 3 aromatic heterocycles. The van der Waals surface area contributed by atoms with Crippen molar-refractivity contribution < 1.29 is 51.5 Å². The van der Waals surface area contributed by atoms with Crippen molar-refractivity contribution in [1.82, 2.24) is 15.0 Å². The molecule has 5 nitrogen and oxygen atoms in total. The summed E-state index contributed by atoms with van der Waals surface area (Å²) >= 11 is 0. The first-order valence-corrected chi connectivity index (χ1v) is 23.3. The smallest absolute Gasteiger partial charge is 0.483 e. The molecule has 0 saturated carbocycles. The second kappa shape index (κ2) is 21.2. The van der Waals surface area contributed by atoms with E-state index in [1.807, 2.05) is 88.4 Å². The molecule has 0 fully saturated rings. The van der Waals surface area contributed by atoms with Crippen LogP contribution >= 0.6 is 0 Å². The van der Waals surface area contributed by atoms with Crippen molar-refractivity contribution in [2.24, 2.45) is 0 Å². The third-order valence-corrected chi connectivity index (χ3v) is 12.5. The summed E-state index contributed by atoms with van der Waals surface area (Å²) in [6.07, 6.45) is 4.92. The molecule has 0 atom stereocenters. The number of hydrogen-bond donors (Lipinski definition) is 0. The number of hydrogen-bond acceptors (Lipinski definition) is 5. The van der Waals surface area contributed by atoms with Crippen molar-refractivity contribution in [3.63, 3.8) is 0 Å². The summed E-state index contributed by atoms with van der Waals surface area (Å²) in [4.78, 5) is 13.9. The molecule has 0 aliphatic heterocycles. The summed E-state index contributed by atoms with van der Waals surface area (Å²) in [5.41, 5.74) is 7.58. The van der Waals surface area contributed by atoms with Crippen LogP contribution in [0.3, 0.4) is 0 Å². The summed E-state index contributed by atoms with van der Waals surface area (Å²) in [6.45, 7) is 7.39. The predicted octanol–water partition coefficient (Wildman–Crippen LogP) is 16.3. The van der Waals surface area contributed by atoms with Crippen molar-refractivity contribution in [3.8, 4) is 89.8 Å². The SMILES string of the molecule is CC(C)(Oc1cc(OC(C)(C)c2ccc(-c3[c-]cc(F)cc3F)nc2)cc(-c2cc(F)ccc2-c2cnc(-c3[c-]cccc3)cc2-c2ccc(-c3ccccc3)cc2)c1)c1ccc(-c2[c-]cc(F)cc2F)nc1.[Ir+3]. The average Bonchev–Trinajstić information content (AvgIpc) is 3.39. The second-order valence-corrected chi connectivity index (χ2v) is 18.4. The van der Waals surface area contributed by atoms with Crippen LogP contribution in [0, 0.1) is 47.3 Å². The number of aromatic nitrogens is 3. The molecule has 0 amide bonds. The van der Waals surface area contributed by atoms with Crippen LogP contribution in [-0.4, -0.2) is 15.0 Å². The van der Waals surface area contributed by atoms with Crippen LogP contribution in [0.5, 0.6) is 11.5 Å². The maximum Gasteiger partial charge on any atom is 3.00 e. The number of pyridine rings is 3. The Morgan fingerprint density at radius 2 is 0.932 bits per heavy atom. The zero-order chi connectivity index (χ0) is 50.9. The molecule has 11 heteroatoms. The van der Waals surface area contributed by atoms with Crippen molar-refractivity contribution in [2.75, 3.05) is 0 Å². The fraction of sp³-hybridized carbons (Fsp3) is 0.0952. The molecule has 74 heavy (non-hydrogen) atoms. The Kier molecular flexibility index (Phi) is 14.5. The molecule has 0 aliphatic rings. The molecule has 3 heterocycles. The average molecular weight is 1160 g/mol. The quantitative estimate of drug-likeness (QED) is 0.0850. The first kappa shape index (κ1) is 50.8. The van der Waals surface area contributed by atoms with Gasteiger partial charge in [-0.3, -0.25) is 17.6 Å². The van der Waals surface area contributed by atoms with Gasteiger partial charge < -0.3 is 24.4 Å². The molecule has 366 valence electrons. The fourth-order valence-electron chi connectivity index (χ4n) is 8.70. The van der Waals surface area contributed by atoms with Crippen molar-refractivity contribution in [1.29, 1.82) is 0 Å². The Hall–Kier alpha value is -8.11. The van der Waals surface area contributed by atoms with E-state index in [9.17, 15) is 17.6 Å². The summed E-state index contributed by atoms with van der Waals surface area (Å²) < 4.78 is 86.4. The van der Waals surface area contributed by atoms with Crippen LogP contribution in [-0.2, 0) is 31.3 Å². The van der Waals surface area contributed by atoms with Gasteiger partial charge >= 0.3 is 20.1 Å². The molecular formula is C63H43F5IrN3O2. The normalized spacial score (nSPS) is 11.5. The second-order valence-electron chi connectivity index (χ2n) is 18.4. The van der Waals surface area contributed by atoms with Gasteiger partial charge in [-0.15, -0.1) is 60.2 Å². The Morgan fingerprint density at radius 3 is 1.46 bits per heavy atom. The van der Waals surface area contributed by atoms with Gasteiger partial charge in [0, 0.05) is 64.6 Å². The van der Waals surface area contributed by atoms with Gasteiger partial charge in [-0.2, -0.15) is 0 Å². The first-order valence-electron chi connectivity index (χ1n) is 23.3. The number of halogens is 5. The number of ether oxygens (including phenoxy) is 2. The fourth-order valence-corrected chi connectivity index (χ4v) is 8.70. The van der Waals surface area contributed by atoms with Gasteiger partial charge in [-0.05, 0) is 108 Å². The van der Waals surface area contributed by atoms with Crippen molar-refractivity contribution in [2.45, 2.75) is 38.9 Å². The Bertz CT molecular complexity index is 3490. The molecule has 0 radical (unpaired) electrons. The molecule has 7 aromatic carbocycles. The van der Waals surface area contributed by atoms with Gasteiger partial charge in [0.25, 0.3) is 0 Å². The maximum atomic E-state index is 15.9. The number of benzene rings is 7. The molecule has 0 spiro atoms. The molecule has 0 unspecified atom stereocenters. The van der Waals surface area contributed by atoms with Crippen LogP contribution in [0.15, 0.2) is 188 Å². The van der Waals surface area contributed by atoms with E-state index >= 15 is 4.39 Å². The molecule has 0 N–H and O–H groups in total. The van der Waals surface area contributed by atoms with Crippen LogP contribution in [0.4, 0.5) is 22.0 Å². The van der Waals surface area contributed by atoms with E-state index in [1.54, 1.807) is 55.0 Å². The van der Waals surface area contributed by atoms with Crippen LogP contribution in [0.25, 0.3) is 78.3 Å². The Labute approximate surface area is 439 Å². The molecule has 10 rings (SSSR count). The molecular weight excluding hydrogens is 1120 g/mol. The zero-order valence-electron chi connectivity index (χ0n) is 40.3. The predicted molar refractivity (Wildman–Crippen MR) is 274 cm³/mol. The van der Waals surface area contributed by atoms with Gasteiger partial charge in [0.05, 0.1) is 0 Å². The zero-order valence-corrected chi connectivity index (χ0v) is 42.7. The van der Waals surface area contributed by atoms with E-state index in [0.717, 1.165) is 57.6 Å². The molecule has 10 aromatic rings. The van der Waals surface area contributed by atoms with E-state index in [1.165, 1.54) is 12.1 Å². The minimum absolute atomic E-state index is 0. The molecule has 0 bridgehead atoms. The summed E-state index contributed by atoms with van der Waals surface area (Å²) in [7, 11) is 0. The summed E-state index contributed by atoms with van der Waals surface area (Å²) in [6, 6.07) is 57.0. The molecule has 0 aliphatic carbocycles. The Morgan fingerprint density at radius 1 is 0.405 bits per heavy atom. The first-order chi connectivity index (χ1) is 35.2. The third-order valence-electron chi connectivity index (χ3n) is 12.5. The minimum atomic E-state index is -1.06. The topological polar surface area (TPSA) is 57.1 Å². The van der Waals surface area contributed by atoms with Gasteiger partial charge in [0.1, 0.15) is 28.5 Å². The maximum absolute atomic E-state index is 15.9. The number of nitrogens with zero attached hydrogens (tertiary/aromatic N) is 3. The minimum Gasteiger partial charge on any atom is -0.483 e. The largest absolute Gasteiger partial charge is 3.00 e. The van der Waals surface area contributed by atoms with Crippen molar-refractivity contribution >= 4 is 0 Å². The van der Waals surface area contributed by atoms with E-state index in [2.05, 4.69) is 64.6 Å². The molecule has 0 saturated heterocycles. The van der Waals surface area contributed by atoms with Crippen LogP contribution in [0.1, 0.15) is 38.8 Å². The van der Waals surface area contributed by atoms with Crippen LogP contribution < -0.4 is 9.47 Å². The van der Waals surface area contributed by atoms with E-state index in [-0.39, 0.29) is 42.6 Å². The van der Waals surface area contributed by atoms with Gasteiger partial charge in [-0.1, -0.05) is 114 Å². The number of rotatable bonds is 13. The third kappa shape index (κ3) is 11.0. The summed E-state index contributed by atoms with van der Waals surface area (Å²) in [5, 5.41) is 0. The van der Waals surface area contributed by atoms with Crippen LogP contribution in [0.2, 0.25) is 0 Å². The monoisotopic (exact) mass is 1160 g/mol.